The van der Waals surface area contributed by atoms with Crippen LogP contribution in [0, 0.1) is 12.3 Å². The molecule has 5 heterocycles. The number of nitrogens with zero attached hydrogens (tertiary/aromatic N) is 5. The molecule has 0 aromatic carbocycles. The third-order valence-electron chi connectivity index (χ3n) is 7.51. The maximum absolute atomic E-state index is 6.50. The molecular formula is C26H23Cl2N5OS. The number of pyridine rings is 2. The molecule has 1 saturated carbocycles. The molecule has 35 heavy (non-hydrogen) atoms. The number of halogens is 2. The molecule has 0 N–H and O–H groups in total. The summed E-state index contributed by atoms with van der Waals surface area (Å²) >= 11 is 14.7. The van der Waals surface area contributed by atoms with Gasteiger partial charge in [-0.15, -0.1) is 0 Å². The number of thiazole rings is 1. The predicted molar refractivity (Wildman–Crippen MR) is 140 cm³/mol. The second-order valence-electron chi connectivity index (χ2n) is 9.99. The highest BCUT2D eigenvalue weighted by Crippen LogP contribution is 2.56. The topological polar surface area (TPSA) is 67.9 Å². The second kappa shape index (κ2) is 8.02. The van der Waals surface area contributed by atoms with Gasteiger partial charge in [-0.1, -0.05) is 45.8 Å². The van der Waals surface area contributed by atoms with Crippen molar-refractivity contribution >= 4 is 55.6 Å². The van der Waals surface area contributed by atoms with Crippen molar-refractivity contribution in [3.63, 3.8) is 0 Å². The number of hydrogen-bond acceptors (Lipinski definition) is 7. The summed E-state index contributed by atoms with van der Waals surface area (Å²) in [6.45, 7) is 4.02. The van der Waals surface area contributed by atoms with Gasteiger partial charge in [0.15, 0.2) is 5.13 Å². The lowest BCUT2D eigenvalue weighted by atomic mass is 9.63. The average Bonchev–Trinajstić information content (AvgIpc) is 3.44. The number of anilines is 1. The second-order valence-corrected chi connectivity index (χ2v) is 11.8. The molecule has 2 fully saturated rings. The Labute approximate surface area is 217 Å². The van der Waals surface area contributed by atoms with Gasteiger partial charge >= 0.3 is 0 Å². The molecule has 4 aromatic heterocycles. The van der Waals surface area contributed by atoms with Gasteiger partial charge < -0.3 is 9.42 Å². The molecule has 1 aliphatic heterocycles. The Balaban J connectivity index is 1.16. The Morgan fingerprint density at radius 3 is 2.51 bits per heavy atom. The minimum atomic E-state index is 0.221. The van der Waals surface area contributed by atoms with Gasteiger partial charge in [0.25, 0.3) is 0 Å². The third kappa shape index (κ3) is 3.67. The van der Waals surface area contributed by atoms with Gasteiger partial charge in [0.05, 0.1) is 10.0 Å². The van der Waals surface area contributed by atoms with E-state index in [0.29, 0.717) is 21.5 Å². The first-order valence-corrected chi connectivity index (χ1v) is 13.6. The molecule has 3 aliphatic rings. The highest BCUT2D eigenvalue weighted by Gasteiger charge is 2.44. The first kappa shape index (κ1) is 21.8. The van der Waals surface area contributed by atoms with Crippen LogP contribution in [-0.4, -0.2) is 33.2 Å². The fourth-order valence-electron chi connectivity index (χ4n) is 5.42. The summed E-state index contributed by atoms with van der Waals surface area (Å²) in [6, 6.07) is 4.10. The number of allylic oxidation sites excluding steroid dienone is 2. The number of hydrogen-bond donors (Lipinski definition) is 0. The lowest BCUT2D eigenvalue weighted by Gasteiger charge is -2.46. The molecule has 0 atom stereocenters. The van der Waals surface area contributed by atoms with Crippen LogP contribution in [0.15, 0.2) is 35.1 Å². The standard InChI is InChI=1S/C26H23Cl2N5OS/c1-14-2-5-19-24(30-14)35-25(31-19)33-8-6-26(7-9-33)10-16(11-26)20-22(32-34-23(20)15-3-4-15)21-17(27)12-29-13-18(21)28/h2,5,10,12-13,15H,3-4,6-9,11H2,1H3. The van der Waals surface area contributed by atoms with E-state index in [-0.39, 0.29) is 5.41 Å². The Bertz CT molecular complexity index is 1480. The van der Waals surface area contributed by atoms with Crippen LogP contribution >= 0.6 is 34.5 Å². The minimum Gasteiger partial charge on any atom is -0.360 e. The summed E-state index contributed by atoms with van der Waals surface area (Å²) < 4.78 is 5.88. The van der Waals surface area contributed by atoms with E-state index in [4.69, 9.17) is 32.7 Å². The number of aryl methyl sites for hydroxylation is 1. The largest absolute Gasteiger partial charge is 0.360 e. The van der Waals surface area contributed by atoms with Gasteiger partial charge in [0, 0.05) is 48.2 Å². The number of aromatic nitrogens is 4. The molecule has 9 heteroatoms. The summed E-state index contributed by atoms with van der Waals surface area (Å²) in [5.74, 6) is 1.43. The Kier molecular flexibility index (Phi) is 4.99. The maximum Gasteiger partial charge on any atom is 0.187 e. The van der Waals surface area contributed by atoms with Crippen LogP contribution < -0.4 is 4.90 Å². The fraction of sp³-hybridized carbons (Fsp3) is 0.385. The van der Waals surface area contributed by atoms with Crippen LogP contribution in [0.3, 0.4) is 0 Å². The van der Waals surface area contributed by atoms with E-state index in [2.05, 4.69) is 32.2 Å². The lowest BCUT2D eigenvalue weighted by molar-refractivity contribution is 0.277. The molecule has 6 nitrogen and oxygen atoms in total. The van der Waals surface area contributed by atoms with Crippen molar-refractivity contribution in [1.29, 1.82) is 0 Å². The first-order chi connectivity index (χ1) is 17.0. The average molecular weight is 524 g/mol. The highest BCUT2D eigenvalue weighted by atomic mass is 35.5. The normalized spacial score (nSPS) is 19.3. The molecule has 0 amide bonds. The summed E-state index contributed by atoms with van der Waals surface area (Å²) in [5, 5.41) is 6.53. The van der Waals surface area contributed by atoms with Crippen molar-refractivity contribution in [1.82, 2.24) is 20.1 Å². The van der Waals surface area contributed by atoms with Gasteiger partial charge in [-0.3, -0.25) is 4.98 Å². The van der Waals surface area contributed by atoms with Crippen molar-refractivity contribution in [3.05, 3.63) is 57.7 Å². The zero-order valence-corrected chi connectivity index (χ0v) is 21.6. The molecule has 178 valence electrons. The Morgan fingerprint density at radius 2 is 1.80 bits per heavy atom. The molecule has 7 rings (SSSR count). The highest BCUT2D eigenvalue weighted by molar-refractivity contribution is 7.21. The van der Waals surface area contributed by atoms with E-state index in [1.54, 1.807) is 23.7 Å². The SMILES string of the molecule is Cc1ccc2nc(N3CCC4(C=C(c5c(-c6c(Cl)cncc6Cl)noc5C5CC5)C4)CC3)sc2n1. The summed E-state index contributed by atoms with van der Waals surface area (Å²) in [7, 11) is 0. The van der Waals surface area contributed by atoms with Gasteiger partial charge in [-0.05, 0) is 62.1 Å². The van der Waals surface area contributed by atoms with Crippen molar-refractivity contribution < 1.29 is 4.52 Å². The smallest absolute Gasteiger partial charge is 0.187 e. The Hall–Kier alpha value is -2.48. The van der Waals surface area contributed by atoms with Gasteiger partial charge in [-0.2, -0.15) is 0 Å². The number of piperidine rings is 1. The summed E-state index contributed by atoms with van der Waals surface area (Å²) in [5.41, 5.74) is 6.11. The quantitative estimate of drug-likeness (QED) is 0.279. The van der Waals surface area contributed by atoms with Gasteiger partial charge in [-0.25, -0.2) is 9.97 Å². The molecule has 2 aliphatic carbocycles. The molecule has 0 unspecified atom stereocenters. The lowest BCUT2D eigenvalue weighted by Crippen LogP contribution is -2.42. The van der Waals surface area contributed by atoms with Gasteiger partial charge in [0.1, 0.15) is 21.8 Å². The van der Waals surface area contributed by atoms with Crippen LogP contribution in [0.4, 0.5) is 5.13 Å². The third-order valence-corrected chi connectivity index (χ3v) is 9.11. The van der Waals surface area contributed by atoms with E-state index in [0.717, 1.165) is 83.4 Å². The Morgan fingerprint density at radius 1 is 1.06 bits per heavy atom. The first-order valence-electron chi connectivity index (χ1n) is 12.0. The number of fused-ring (bicyclic) bond motifs is 1. The predicted octanol–water partition coefficient (Wildman–Crippen LogP) is 7.31. The van der Waals surface area contributed by atoms with Gasteiger partial charge in [0.2, 0.25) is 0 Å². The maximum atomic E-state index is 6.50. The van der Waals surface area contributed by atoms with E-state index >= 15 is 0 Å². The van der Waals surface area contributed by atoms with E-state index < -0.39 is 0 Å². The summed E-state index contributed by atoms with van der Waals surface area (Å²) in [6.07, 6.45) is 11.2. The van der Waals surface area contributed by atoms with E-state index in [1.165, 1.54) is 5.57 Å². The molecule has 0 bridgehead atoms. The van der Waals surface area contributed by atoms with Crippen LogP contribution in [0.25, 0.3) is 27.2 Å². The fourth-order valence-corrected chi connectivity index (χ4v) is 7.00. The van der Waals surface area contributed by atoms with Crippen LogP contribution in [0.5, 0.6) is 0 Å². The number of rotatable bonds is 4. The molecule has 4 aromatic rings. The summed E-state index contributed by atoms with van der Waals surface area (Å²) in [4.78, 5) is 17.0. The zero-order valence-electron chi connectivity index (χ0n) is 19.2. The van der Waals surface area contributed by atoms with Crippen molar-refractivity contribution in [2.24, 2.45) is 5.41 Å². The molecule has 1 spiro atoms. The molecule has 0 radical (unpaired) electrons. The van der Waals surface area contributed by atoms with Crippen LogP contribution in [0.1, 0.15) is 55.0 Å². The van der Waals surface area contributed by atoms with E-state index in [9.17, 15) is 0 Å². The minimum absolute atomic E-state index is 0.221. The van der Waals surface area contributed by atoms with Crippen molar-refractivity contribution in [3.8, 4) is 11.3 Å². The zero-order chi connectivity index (χ0) is 23.7. The van der Waals surface area contributed by atoms with Crippen molar-refractivity contribution in [2.75, 3.05) is 18.0 Å². The molecular weight excluding hydrogens is 501 g/mol. The van der Waals surface area contributed by atoms with Crippen LogP contribution in [-0.2, 0) is 0 Å². The van der Waals surface area contributed by atoms with Crippen molar-refractivity contribution in [2.45, 2.75) is 44.9 Å². The molecule has 1 saturated heterocycles. The van der Waals surface area contributed by atoms with E-state index in [1.807, 2.05) is 13.0 Å². The monoisotopic (exact) mass is 523 g/mol. The van der Waals surface area contributed by atoms with Crippen LogP contribution in [0.2, 0.25) is 10.0 Å².